The van der Waals surface area contributed by atoms with Crippen LogP contribution in [0.3, 0.4) is 0 Å². The van der Waals surface area contributed by atoms with Crippen molar-refractivity contribution in [3.8, 4) is 22.6 Å². The number of fused-ring (bicyclic) bond motifs is 2. The van der Waals surface area contributed by atoms with Crippen LogP contribution in [0, 0.1) is 13.8 Å². The Bertz CT molecular complexity index is 2240. The lowest BCUT2D eigenvalue weighted by Gasteiger charge is -2.29. The molecule has 2 aliphatic rings. The Balaban J connectivity index is 0.000000167. The van der Waals surface area contributed by atoms with Crippen molar-refractivity contribution in [2.45, 2.75) is 65.7 Å². The summed E-state index contributed by atoms with van der Waals surface area (Å²) in [7, 11) is 0. The summed E-state index contributed by atoms with van der Waals surface area (Å²) in [6.45, 7) is 7.45. The van der Waals surface area contributed by atoms with Gasteiger partial charge in [0.2, 0.25) is 11.8 Å². The van der Waals surface area contributed by atoms with E-state index in [9.17, 15) is 19.2 Å². The molecule has 276 valence electrons. The third-order valence-electron chi connectivity index (χ3n) is 9.66. The summed E-state index contributed by atoms with van der Waals surface area (Å²) >= 11 is 0. The molecule has 2 N–H and O–H groups in total. The van der Waals surface area contributed by atoms with E-state index >= 15 is 0 Å². The molecule has 0 bridgehead atoms. The number of rotatable bonds is 8. The van der Waals surface area contributed by atoms with E-state index in [0.717, 1.165) is 42.8 Å². The fourth-order valence-corrected chi connectivity index (χ4v) is 6.82. The monoisotopic (exact) mass is 726 g/mol. The number of carbonyl (C=O) groups excluding carboxylic acids is 2. The predicted molar refractivity (Wildman–Crippen MR) is 202 cm³/mol. The zero-order valence-electron chi connectivity index (χ0n) is 30.4. The summed E-state index contributed by atoms with van der Waals surface area (Å²) in [5.41, 5.74) is 8.05. The number of H-pyrrole nitrogens is 2. The molecule has 14 nitrogen and oxygen atoms in total. The fraction of sp³-hybridized carbons (Fsp3) is 0.300. The highest BCUT2D eigenvalue weighted by Crippen LogP contribution is 2.21. The van der Waals surface area contributed by atoms with Gasteiger partial charge < -0.3 is 19.8 Å². The number of hydrogen-bond donors (Lipinski definition) is 2. The van der Waals surface area contributed by atoms with Crippen LogP contribution in [-0.4, -0.2) is 74.2 Å². The molecule has 0 saturated heterocycles. The highest BCUT2D eigenvalue weighted by atomic mass is 16.2. The molecule has 0 saturated carbocycles. The van der Waals surface area contributed by atoms with Crippen LogP contribution in [0.4, 0.5) is 0 Å². The van der Waals surface area contributed by atoms with Gasteiger partial charge in [0, 0.05) is 87.5 Å². The fourth-order valence-electron chi connectivity index (χ4n) is 6.82. The van der Waals surface area contributed by atoms with Crippen molar-refractivity contribution in [1.82, 2.24) is 49.3 Å². The van der Waals surface area contributed by atoms with Gasteiger partial charge in [0.25, 0.3) is 5.56 Å². The predicted octanol–water partition coefficient (Wildman–Crippen LogP) is 3.83. The van der Waals surface area contributed by atoms with Crippen molar-refractivity contribution in [3.63, 3.8) is 0 Å². The molecule has 0 fully saturated rings. The summed E-state index contributed by atoms with van der Waals surface area (Å²) in [5, 5.41) is 8.59. The minimum absolute atomic E-state index is 0.128. The van der Waals surface area contributed by atoms with E-state index < -0.39 is 0 Å². The topological polar surface area (TPSA) is 168 Å². The van der Waals surface area contributed by atoms with Gasteiger partial charge in [0.1, 0.15) is 5.82 Å². The number of amides is 2. The Morgan fingerprint density at radius 3 is 1.78 bits per heavy atom. The number of nitrogens with zero attached hydrogens (tertiary/aromatic N) is 8. The number of hydrogen-bond acceptors (Lipinski definition) is 8. The summed E-state index contributed by atoms with van der Waals surface area (Å²) in [6.07, 6.45) is 9.53. The SMILES string of the molecule is Cc1cc(-c2cnn(CCC(=O)N3CCc4ccccc4C3)c2)nc(=O)[nH]1.Cc1cc(=O)[nH]c(-c2cnn(CCC(=O)N3CCc4ccccc4C3)c2)n1. The van der Waals surface area contributed by atoms with Crippen LogP contribution < -0.4 is 11.2 Å². The van der Waals surface area contributed by atoms with Crippen molar-refractivity contribution >= 4 is 11.8 Å². The summed E-state index contributed by atoms with van der Waals surface area (Å²) in [6, 6.07) is 19.8. The summed E-state index contributed by atoms with van der Waals surface area (Å²) in [4.78, 5) is 65.7. The maximum Gasteiger partial charge on any atom is 0.345 e. The van der Waals surface area contributed by atoms with Gasteiger partial charge in [-0.1, -0.05) is 48.5 Å². The number of aromatic nitrogens is 8. The van der Waals surface area contributed by atoms with Crippen molar-refractivity contribution < 1.29 is 9.59 Å². The number of aryl methyl sites for hydroxylation is 4. The maximum atomic E-state index is 12.6. The standard InChI is InChI=1S/2C20H21N5O2/c1-14-10-18(26)23-20(22-14)17-11-21-25(13-17)9-7-19(27)24-8-6-15-4-2-3-5-16(15)12-24;1-14-10-18(23-20(27)22-14)17-11-21-25(13-17)9-7-19(26)24-8-6-15-4-2-3-5-16(15)12-24/h2-5,10-11,13H,6-9,12H2,1H3,(H,22,23,26);2-5,10-11,13H,6-9,12H2,1H3,(H,22,23,27). The lowest BCUT2D eigenvalue weighted by Crippen LogP contribution is -2.36. The molecule has 4 aromatic heterocycles. The second kappa shape index (κ2) is 16.1. The first-order chi connectivity index (χ1) is 26.2. The van der Waals surface area contributed by atoms with Crippen LogP contribution in [0.5, 0.6) is 0 Å². The van der Waals surface area contributed by atoms with Gasteiger partial charge in [-0.2, -0.15) is 15.2 Å². The average Bonchev–Trinajstić information content (AvgIpc) is 3.86. The molecule has 14 heteroatoms. The largest absolute Gasteiger partial charge is 0.345 e. The molecule has 8 rings (SSSR count). The maximum absolute atomic E-state index is 12.6. The van der Waals surface area contributed by atoms with Gasteiger partial charge in [-0.15, -0.1) is 0 Å². The van der Waals surface area contributed by atoms with Crippen LogP contribution in [0.25, 0.3) is 22.6 Å². The number of aromatic amines is 2. The molecule has 2 aliphatic heterocycles. The van der Waals surface area contributed by atoms with Crippen LogP contribution >= 0.6 is 0 Å². The van der Waals surface area contributed by atoms with Gasteiger partial charge >= 0.3 is 5.69 Å². The van der Waals surface area contributed by atoms with Crippen LogP contribution in [-0.2, 0) is 48.6 Å². The van der Waals surface area contributed by atoms with E-state index in [1.165, 1.54) is 28.3 Å². The first-order valence-electron chi connectivity index (χ1n) is 18.1. The van der Waals surface area contributed by atoms with E-state index in [1.807, 2.05) is 47.2 Å². The Kier molecular flexibility index (Phi) is 10.7. The molecular formula is C40H42N10O4. The van der Waals surface area contributed by atoms with Crippen molar-refractivity contribution in [2.75, 3.05) is 13.1 Å². The number of nitrogens with one attached hydrogen (secondary N) is 2. The zero-order chi connectivity index (χ0) is 37.6. The third kappa shape index (κ3) is 8.77. The molecule has 0 unspecified atom stereocenters. The average molecular weight is 727 g/mol. The zero-order valence-corrected chi connectivity index (χ0v) is 30.4. The van der Waals surface area contributed by atoms with E-state index in [0.29, 0.717) is 56.2 Å². The third-order valence-corrected chi connectivity index (χ3v) is 9.66. The molecule has 0 atom stereocenters. The first kappa shape index (κ1) is 35.9. The van der Waals surface area contributed by atoms with Crippen LogP contribution in [0.15, 0.2) is 95.0 Å². The van der Waals surface area contributed by atoms with E-state index in [1.54, 1.807) is 40.9 Å². The smallest absolute Gasteiger partial charge is 0.338 e. The lowest BCUT2D eigenvalue weighted by atomic mass is 10.00. The van der Waals surface area contributed by atoms with E-state index in [2.05, 4.69) is 54.4 Å². The molecule has 2 aromatic carbocycles. The summed E-state index contributed by atoms with van der Waals surface area (Å²) < 4.78 is 3.44. The molecule has 2 amide bonds. The number of benzene rings is 2. The van der Waals surface area contributed by atoms with Gasteiger partial charge in [0.15, 0.2) is 0 Å². The van der Waals surface area contributed by atoms with Crippen LogP contribution in [0.1, 0.15) is 46.5 Å². The lowest BCUT2D eigenvalue weighted by molar-refractivity contribution is -0.133. The quantitative estimate of drug-likeness (QED) is 0.239. The Hall–Kier alpha value is -6.44. The molecule has 0 radical (unpaired) electrons. The van der Waals surface area contributed by atoms with Gasteiger partial charge in [0.05, 0.1) is 23.7 Å². The van der Waals surface area contributed by atoms with E-state index in [-0.39, 0.29) is 23.1 Å². The second-order valence-corrected chi connectivity index (χ2v) is 13.6. The van der Waals surface area contributed by atoms with Gasteiger partial charge in [-0.25, -0.2) is 9.78 Å². The Morgan fingerprint density at radius 1 is 0.685 bits per heavy atom. The first-order valence-corrected chi connectivity index (χ1v) is 18.1. The molecule has 0 spiro atoms. The van der Waals surface area contributed by atoms with E-state index in [4.69, 9.17) is 0 Å². The molecule has 0 aliphatic carbocycles. The Morgan fingerprint density at radius 2 is 1.22 bits per heavy atom. The van der Waals surface area contributed by atoms with Crippen molar-refractivity contribution in [3.05, 3.63) is 140 Å². The minimum Gasteiger partial charge on any atom is -0.338 e. The van der Waals surface area contributed by atoms with Gasteiger partial charge in [-0.3, -0.25) is 23.7 Å². The molecular weight excluding hydrogens is 685 g/mol. The highest BCUT2D eigenvalue weighted by molar-refractivity contribution is 5.77. The molecule has 6 heterocycles. The molecule has 54 heavy (non-hydrogen) atoms. The van der Waals surface area contributed by atoms with Crippen molar-refractivity contribution in [1.29, 1.82) is 0 Å². The second-order valence-electron chi connectivity index (χ2n) is 13.6. The van der Waals surface area contributed by atoms with Crippen molar-refractivity contribution in [2.24, 2.45) is 0 Å². The Labute approximate surface area is 311 Å². The highest BCUT2D eigenvalue weighted by Gasteiger charge is 2.21. The summed E-state index contributed by atoms with van der Waals surface area (Å²) in [5.74, 6) is 0.750. The molecule has 6 aromatic rings. The number of carbonyl (C=O) groups is 2. The van der Waals surface area contributed by atoms with Gasteiger partial charge in [-0.05, 0) is 55.0 Å². The minimum atomic E-state index is -0.377. The van der Waals surface area contributed by atoms with Crippen LogP contribution in [0.2, 0.25) is 0 Å². The normalized spacial score (nSPS) is 13.4.